The van der Waals surface area contributed by atoms with Crippen LogP contribution in [0.5, 0.6) is 0 Å². The zero-order valence-corrected chi connectivity index (χ0v) is 30.3. The van der Waals surface area contributed by atoms with Crippen LogP contribution in [-0.4, -0.2) is 37.2 Å². The molecule has 0 aliphatic heterocycles. The quantitative estimate of drug-likeness (QED) is 0.0236. The van der Waals surface area contributed by atoms with E-state index in [1.54, 1.807) is 6.08 Å². The summed E-state index contributed by atoms with van der Waals surface area (Å²) in [7, 11) is 0. The zero-order chi connectivity index (χ0) is 34.5. The fourth-order valence-electron chi connectivity index (χ4n) is 4.71. The topological polar surface area (TPSA) is 78.9 Å². The Morgan fingerprint density at radius 3 is 1.51 bits per heavy atom. The molecule has 0 bridgehead atoms. The van der Waals surface area contributed by atoms with E-state index >= 15 is 0 Å². The molecular weight excluding hydrogens is 588 g/mol. The molecule has 0 radical (unpaired) electrons. The van der Waals surface area contributed by atoms with Crippen LogP contribution in [0.3, 0.4) is 0 Å². The van der Waals surface area contributed by atoms with Crippen molar-refractivity contribution >= 4 is 17.9 Å². The SMILES string of the molecule is CC/C=C\C/C=C\C/C=C\CC(=O)OC(COC(=O)CCCCC/C=C\C=C/CCCC)COC(=O)CCCCCCCCCCC. The van der Waals surface area contributed by atoms with E-state index in [0.29, 0.717) is 12.8 Å². The summed E-state index contributed by atoms with van der Waals surface area (Å²) in [6, 6.07) is 0. The van der Waals surface area contributed by atoms with E-state index in [1.807, 2.05) is 6.08 Å². The molecule has 0 spiro atoms. The van der Waals surface area contributed by atoms with Gasteiger partial charge in [-0.15, -0.1) is 0 Å². The van der Waals surface area contributed by atoms with Gasteiger partial charge in [-0.2, -0.15) is 0 Å². The number of carbonyl (C=O) groups excluding carboxylic acids is 3. The number of unbranched alkanes of at least 4 members (excludes halogenated alkanes) is 13. The maximum atomic E-state index is 12.5. The van der Waals surface area contributed by atoms with Gasteiger partial charge in [-0.05, 0) is 51.4 Å². The molecule has 0 N–H and O–H groups in total. The number of rotatable bonds is 32. The first-order valence-electron chi connectivity index (χ1n) is 18.8. The molecule has 6 heteroatoms. The van der Waals surface area contributed by atoms with Crippen molar-refractivity contribution in [2.75, 3.05) is 13.2 Å². The molecule has 0 fully saturated rings. The van der Waals surface area contributed by atoms with Gasteiger partial charge in [0.2, 0.25) is 0 Å². The Morgan fingerprint density at radius 2 is 0.957 bits per heavy atom. The number of carbonyl (C=O) groups is 3. The van der Waals surface area contributed by atoms with Crippen LogP contribution in [0.4, 0.5) is 0 Å². The molecule has 0 saturated heterocycles. The summed E-state index contributed by atoms with van der Waals surface area (Å²) in [5.41, 5.74) is 0. The minimum Gasteiger partial charge on any atom is -0.462 e. The predicted molar refractivity (Wildman–Crippen MR) is 196 cm³/mol. The van der Waals surface area contributed by atoms with Gasteiger partial charge >= 0.3 is 17.9 Å². The first-order chi connectivity index (χ1) is 23.0. The van der Waals surface area contributed by atoms with Crippen molar-refractivity contribution in [3.63, 3.8) is 0 Å². The first-order valence-corrected chi connectivity index (χ1v) is 18.8. The zero-order valence-electron chi connectivity index (χ0n) is 30.3. The average molecular weight is 657 g/mol. The molecule has 0 aromatic rings. The fraction of sp³-hybridized carbons (Fsp3) is 0.683. The molecule has 0 saturated carbocycles. The van der Waals surface area contributed by atoms with Crippen LogP contribution < -0.4 is 0 Å². The third-order valence-corrected chi connectivity index (χ3v) is 7.57. The maximum Gasteiger partial charge on any atom is 0.310 e. The van der Waals surface area contributed by atoms with Gasteiger partial charge in [-0.1, -0.05) is 152 Å². The van der Waals surface area contributed by atoms with Crippen molar-refractivity contribution < 1.29 is 28.6 Å². The minimum absolute atomic E-state index is 0.101. The van der Waals surface area contributed by atoms with Gasteiger partial charge in [0.05, 0.1) is 6.42 Å². The summed E-state index contributed by atoms with van der Waals surface area (Å²) in [4.78, 5) is 37.2. The van der Waals surface area contributed by atoms with E-state index in [4.69, 9.17) is 14.2 Å². The minimum atomic E-state index is -0.826. The molecule has 1 atom stereocenters. The highest BCUT2D eigenvalue weighted by Gasteiger charge is 2.19. The van der Waals surface area contributed by atoms with Gasteiger partial charge in [0.1, 0.15) is 13.2 Å². The summed E-state index contributed by atoms with van der Waals surface area (Å²) >= 11 is 0. The molecule has 6 nitrogen and oxygen atoms in total. The fourth-order valence-corrected chi connectivity index (χ4v) is 4.71. The monoisotopic (exact) mass is 657 g/mol. The molecule has 47 heavy (non-hydrogen) atoms. The Balaban J connectivity index is 4.53. The summed E-state index contributed by atoms with van der Waals surface area (Å²) in [6.45, 7) is 6.28. The average Bonchev–Trinajstić information content (AvgIpc) is 3.06. The third kappa shape index (κ3) is 34.3. The number of hydrogen-bond donors (Lipinski definition) is 0. The van der Waals surface area contributed by atoms with Gasteiger partial charge < -0.3 is 14.2 Å². The standard InChI is InChI=1S/C41H68O6/c1-4-7-10-13-16-19-20-23-25-28-31-34-40(43)46-37-38(47-41(44)35-32-29-26-22-18-15-12-9-6-3)36-45-39(42)33-30-27-24-21-17-14-11-8-5-2/h9,12-13,16,18-20,22,29,32,38H,4-8,10-11,14-15,17,21,23-28,30-31,33-37H2,1-3H3/b12-9-,16-13-,20-19-,22-18-,32-29-. The van der Waals surface area contributed by atoms with Crippen LogP contribution in [0.15, 0.2) is 60.8 Å². The van der Waals surface area contributed by atoms with Gasteiger partial charge in [-0.25, -0.2) is 0 Å². The van der Waals surface area contributed by atoms with E-state index in [2.05, 4.69) is 69.4 Å². The van der Waals surface area contributed by atoms with Gasteiger partial charge in [0, 0.05) is 12.8 Å². The molecule has 0 aliphatic carbocycles. The van der Waals surface area contributed by atoms with Crippen LogP contribution in [0.1, 0.15) is 162 Å². The lowest BCUT2D eigenvalue weighted by atomic mass is 10.1. The molecular formula is C41H68O6. The summed E-state index contributed by atoms with van der Waals surface area (Å²) < 4.78 is 16.4. The molecule has 0 aromatic heterocycles. The van der Waals surface area contributed by atoms with Crippen LogP contribution in [0, 0.1) is 0 Å². The van der Waals surface area contributed by atoms with Crippen LogP contribution in [0.2, 0.25) is 0 Å². The largest absolute Gasteiger partial charge is 0.462 e. The molecule has 0 aliphatic rings. The number of hydrogen-bond acceptors (Lipinski definition) is 6. The highest BCUT2D eigenvalue weighted by atomic mass is 16.6. The van der Waals surface area contributed by atoms with Gasteiger partial charge in [0.15, 0.2) is 6.10 Å². The lowest BCUT2D eigenvalue weighted by molar-refractivity contribution is -0.166. The number of ether oxygens (including phenoxy) is 3. The Kier molecular flexibility index (Phi) is 33.7. The Bertz CT molecular complexity index is 898. The van der Waals surface area contributed by atoms with E-state index in [-0.39, 0.29) is 31.6 Å². The predicted octanol–water partition coefficient (Wildman–Crippen LogP) is 11.4. The van der Waals surface area contributed by atoms with Crippen molar-refractivity contribution in [3.8, 4) is 0 Å². The summed E-state index contributed by atoms with van der Waals surface area (Å²) in [6.07, 6.45) is 41.0. The van der Waals surface area contributed by atoms with Crippen LogP contribution >= 0.6 is 0 Å². The van der Waals surface area contributed by atoms with Crippen LogP contribution in [-0.2, 0) is 28.6 Å². The second-order valence-electron chi connectivity index (χ2n) is 12.2. The van der Waals surface area contributed by atoms with E-state index in [9.17, 15) is 14.4 Å². The smallest absolute Gasteiger partial charge is 0.310 e. The summed E-state index contributed by atoms with van der Waals surface area (Å²) in [5, 5.41) is 0. The molecule has 0 aromatic carbocycles. The van der Waals surface area contributed by atoms with Crippen molar-refractivity contribution in [2.24, 2.45) is 0 Å². The van der Waals surface area contributed by atoms with Gasteiger partial charge in [-0.3, -0.25) is 14.4 Å². The summed E-state index contributed by atoms with van der Waals surface area (Å²) in [5.74, 6) is -1.09. The van der Waals surface area contributed by atoms with E-state index in [1.165, 1.54) is 51.4 Å². The normalized spacial score (nSPS) is 12.7. The second-order valence-corrected chi connectivity index (χ2v) is 12.2. The number of esters is 3. The molecule has 1 unspecified atom stereocenters. The molecule has 0 heterocycles. The van der Waals surface area contributed by atoms with Crippen molar-refractivity contribution in [1.29, 1.82) is 0 Å². The number of allylic oxidation sites excluding steroid dienone is 9. The lowest BCUT2D eigenvalue weighted by Gasteiger charge is -2.18. The Labute approximate surface area is 288 Å². The van der Waals surface area contributed by atoms with Crippen molar-refractivity contribution in [1.82, 2.24) is 0 Å². The van der Waals surface area contributed by atoms with E-state index in [0.717, 1.165) is 70.6 Å². The molecule has 0 rings (SSSR count). The van der Waals surface area contributed by atoms with Gasteiger partial charge in [0.25, 0.3) is 0 Å². The Hall–Kier alpha value is -2.89. The highest BCUT2D eigenvalue weighted by molar-refractivity contribution is 5.72. The second kappa shape index (κ2) is 36.0. The highest BCUT2D eigenvalue weighted by Crippen LogP contribution is 2.12. The van der Waals surface area contributed by atoms with Crippen molar-refractivity contribution in [2.45, 2.75) is 168 Å². The maximum absolute atomic E-state index is 12.5. The van der Waals surface area contributed by atoms with Crippen molar-refractivity contribution in [3.05, 3.63) is 60.8 Å². The molecule has 268 valence electrons. The molecule has 0 amide bonds. The third-order valence-electron chi connectivity index (χ3n) is 7.57. The van der Waals surface area contributed by atoms with Crippen LogP contribution in [0.25, 0.3) is 0 Å². The lowest BCUT2D eigenvalue weighted by Crippen LogP contribution is -2.30. The van der Waals surface area contributed by atoms with E-state index < -0.39 is 12.1 Å². The Morgan fingerprint density at radius 1 is 0.489 bits per heavy atom. The first kappa shape index (κ1) is 44.1.